The third-order valence-electron chi connectivity index (χ3n) is 5.93. The van der Waals surface area contributed by atoms with Crippen LogP contribution in [-0.4, -0.2) is 63.5 Å². The molecule has 2 N–H and O–H groups in total. The van der Waals surface area contributed by atoms with Crippen molar-refractivity contribution in [1.82, 2.24) is 14.3 Å². The van der Waals surface area contributed by atoms with E-state index in [1.807, 2.05) is 31.2 Å². The Morgan fingerprint density at radius 1 is 1.19 bits per heavy atom. The van der Waals surface area contributed by atoms with Crippen LogP contribution in [0.15, 0.2) is 46.2 Å². The lowest BCUT2D eigenvalue weighted by atomic mass is 10.1. The summed E-state index contributed by atoms with van der Waals surface area (Å²) >= 11 is 6.66. The van der Waals surface area contributed by atoms with E-state index in [2.05, 4.69) is 10.3 Å². The number of benzene rings is 1. The molecule has 4 rings (SSSR count). The first kappa shape index (κ1) is 26.6. The Hall–Kier alpha value is -3.41. The number of amides is 1. The molecule has 0 aliphatic carbocycles. The number of aliphatic hydroxyl groups excluding tert-OH is 1. The quantitative estimate of drug-likeness (QED) is 0.228. The molecule has 0 unspecified atom stereocenters. The maximum Gasteiger partial charge on any atom is 0.267 e. The molecule has 9 nitrogen and oxygen atoms in total. The van der Waals surface area contributed by atoms with Crippen LogP contribution >= 0.6 is 24.0 Å². The van der Waals surface area contributed by atoms with Crippen LogP contribution in [0.3, 0.4) is 0 Å². The van der Waals surface area contributed by atoms with Gasteiger partial charge >= 0.3 is 0 Å². The second kappa shape index (κ2) is 11.8. The zero-order chi connectivity index (χ0) is 26.5. The summed E-state index contributed by atoms with van der Waals surface area (Å²) in [5.74, 6) is 1.36. The molecular formula is C26H28N4O5S2. The van der Waals surface area contributed by atoms with Gasteiger partial charge in [0.25, 0.3) is 11.5 Å². The lowest BCUT2D eigenvalue weighted by molar-refractivity contribution is -0.122. The standard InChI is InChI=1S/C26H28N4O5S2/c1-16-6-4-11-29-23(16)28-22(27-10-5-13-31)18(24(29)32)15-21-25(33)30(26(36)37-21)12-9-17-7-8-19(34-2)20(14-17)35-3/h4,6-8,11,14-15,27,31H,5,9-10,12-13H2,1-3H3. The number of thioether (sulfide) groups is 1. The highest BCUT2D eigenvalue weighted by Gasteiger charge is 2.32. The highest BCUT2D eigenvalue weighted by atomic mass is 32.2. The van der Waals surface area contributed by atoms with E-state index < -0.39 is 0 Å². The topological polar surface area (TPSA) is 105 Å². The highest BCUT2D eigenvalue weighted by Crippen LogP contribution is 2.34. The lowest BCUT2D eigenvalue weighted by Crippen LogP contribution is -2.30. The Balaban J connectivity index is 1.62. The summed E-state index contributed by atoms with van der Waals surface area (Å²) in [6, 6.07) is 9.28. The molecule has 0 saturated carbocycles. The fourth-order valence-corrected chi connectivity index (χ4v) is 5.25. The Bertz CT molecular complexity index is 1440. The van der Waals surface area contributed by atoms with Gasteiger partial charge in [-0.15, -0.1) is 0 Å². The Kier molecular flexibility index (Phi) is 8.47. The maximum absolute atomic E-state index is 13.4. The van der Waals surface area contributed by atoms with E-state index in [-0.39, 0.29) is 23.6 Å². The molecule has 3 heterocycles. The number of ether oxygens (including phenoxy) is 2. The van der Waals surface area contributed by atoms with Crippen LogP contribution in [0.2, 0.25) is 0 Å². The highest BCUT2D eigenvalue weighted by molar-refractivity contribution is 8.26. The zero-order valence-electron chi connectivity index (χ0n) is 20.8. The number of nitrogens with zero attached hydrogens (tertiary/aromatic N) is 3. The number of hydrogen-bond donors (Lipinski definition) is 2. The maximum atomic E-state index is 13.4. The Morgan fingerprint density at radius 2 is 1.97 bits per heavy atom. The summed E-state index contributed by atoms with van der Waals surface area (Å²) in [6.45, 7) is 2.69. The van der Waals surface area contributed by atoms with Gasteiger partial charge in [0.05, 0.1) is 24.7 Å². The molecule has 0 radical (unpaired) electrons. The number of fused-ring (bicyclic) bond motifs is 1. The van der Waals surface area contributed by atoms with Crippen LogP contribution in [0.25, 0.3) is 11.7 Å². The van der Waals surface area contributed by atoms with Crippen molar-refractivity contribution in [3.8, 4) is 11.5 Å². The average molecular weight is 541 g/mol. The van der Waals surface area contributed by atoms with Gasteiger partial charge in [0.1, 0.15) is 15.8 Å². The fraction of sp³-hybridized carbons (Fsp3) is 0.308. The molecule has 0 spiro atoms. The van der Waals surface area contributed by atoms with E-state index in [4.69, 9.17) is 21.7 Å². The molecule has 1 aliphatic rings. The molecule has 2 aromatic heterocycles. The molecule has 11 heteroatoms. The number of hydrogen-bond acceptors (Lipinski definition) is 9. The Morgan fingerprint density at radius 3 is 2.70 bits per heavy atom. The summed E-state index contributed by atoms with van der Waals surface area (Å²) in [4.78, 5) is 33.3. The van der Waals surface area contributed by atoms with Crippen molar-refractivity contribution >= 4 is 51.7 Å². The number of aromatic nitrogens is 2. The minimum Gasteiger partial charge on any atom is -0.493 e. The predicted molar refractivity (Wildman–Crippen MR) is 150 cm³/mol. The number of carbonyl (C=O) groups is 1. The summed E-state index contributed by atoms with van der Waals surface area (Å²) in [6.07, 6.45) is 4.27. The molecule has 1 aromatic carbocycles. The van der Waals surface area contributed by atoms with Crippen LogP contribution in [0.4, 0.5) is 5.82 Å². The SMILES string of the molecule is COc1ccc(CCN2C(=O)C(=Cc3c(NCCCO)nc4c(C)cccn4c3=O)SC2=S)cc1OC. The third-order valence-corrected chi connectivity index (χ3v) is 7.31. The monoisotopic (exact) mass is 540 g/mol. The molecule has 1 amide bonds. The summed E-state index contributed by atoms with van der Waals surface area (Å²) in [7, 11) is 3.16. The number of methoxy groups -OCH3 is 2. The number of carbonyl (C=O) groups excluding carboxylic acids is 1. The average Bonchev–Trinajstić information content (AvgIpc) is 3.17. The molecule has 194 valence electrons. The minimum absolute atomic E-state index is 0.00660. The third kappa shape index (κ3) is 5.63. The molecule has 3 aromatic rings. The predicted octanol–water partition coefficient (Wildman–Crippen LogP) is 3.26. The van der Waals surface area contributed by atoms with Crippen molar-refractivity contribution in [3.63, 3.8) is 0 Å². The first-order valence-corrected chi connectivity index (χ1v) is 12.9. The number of thiocarbonyl (C=S) groups is 1. The number of aryl methyl sites for hydroxylation is 1. The van der Waals surface area contributed by atoms with Crippen molar-refractivity contribution in [2.75, 3.05) is 39.2 Å². The molecule has 1 saturated heterocycles. The van der Waals surface area contributed by atoms with E-state index in [0.29, 0.717) is 58.1 Å². The van der Waals surface area contributed by atoms with Crippen molar-refractivity contribution in [3.05, 3.63) is 68.5 Å². The van der Waals surface area contributed by atoms with E-state index >= 15 is 0 Å². The van der Waals surface area contributed by atoms with Gasteiger partial charge in [-0.2, -0.15) is 0 Å². The van der Waals surface area contributed by atoms with Crippen molar-refractivity contribution in [1.29, 1.82) is 0 Å². The van der Waals surface area contributed by atoms with Crippen LogP contribution in [0, 0.1) is 6.92 Å². The molecule has 1 aliphatic heterocycles. The van der Waals surface area contributed by atoms with Gasteiger partial charge < -0.3 is 19.9 Å². The fourth-order valence-electron chi connectivity index (χ4n) is 3.96. The molecule has 37 heavy (non-hydrogen) atoms. The van der Waals surface area contributed by atoms with Gasteiger partial charge in [0.2, 0.25) is 0 Å². The summed E-state index contributed by atoms with van der Waals surface area (Å²) in [5.41, 5.74) is 2.31. The van der Waals surface area contributed by atoms with Crippen LogP contribution in [-0.2, 0) is 11.2 Å². The largest absolute Gasteiger partial charge is 0.493 e. The minimum atomic E-state index is -0.296. The number of aliphatic hydroxyl groups is 1. The van der Waals surface area contributed by atoms with E-state index in [1.165, 1.54) is 9.30 Å². The van der Waals surface area contributed by atoms with Crippen molar-refractivity contribution in [2.24, 2.45) is 0 Å². The van der Waals surface area contributed by atoms with Crippen molar-refractivity contribution < 1.29 is 19.4 Å². The van der Waals surface area contributed by atoms with E-state index in [9.17, 15) is 14.7 Å². The first-order chi connectivity index (χ1) is 17.9. The first-order valence-electron chi connectivity index (χ1n) is 11.7. The lowest BCUT2D eigenvalue weighted by Gasteiger charge is -2.15. The van der Waals surface area contributed by atoms with Crippen LogP contribution < -0.4 is 20.3 Å². The summed E-state index contributed by atoms with van der Waals surface area (Å²) in [5, 5.41) is 12.3. The zero-order valence-corrected chi connectivity index (χ0v) is 22.4. The smallest absolute Gasteiger partial charge is 0.267 e. The van der Waals surface area contributed by atoms with Gasteiger partial charge in [0.15, 0.2) is 11.5 Å². The molecule has 0 atom stereocenters. The van der Waals surface area contributed by atoms with Gasteiger partial charge in [-0.1, -0.05) is 36.1 Å². The molecule has 0 bridgehead atoms. The second-order valence-electron chi connectivity index (χ2n) is 8.34. The molecular weight excluding hydrogens is 512 g/mol. The van der Waals surface area contributed by atoms with E-state index in [1.54, 1.807) is 32.6 Å². The number of pyridine rings is 1. The number of anilines is 1. The van der Waals surface area contributed by atoms with Gasteiger partial charge in [-0.05, 0) is 55.2 Å². The number of rotatable bonds is 10. The van der Waals surface area contributed by atoms with E-state index in [0.717, 1.165) is 22.9 Å². The number of nitrogens with one attached hydrogen (secondary N) is 1. The normalized spacial score (nSPS) is 14.6. The van der Waals surface area contributed by atoms with Crippen LogP contribution in [0.1, 0.15) is 23.1 Å². The second-order valence-corrected chi connectivity index (χ2v) is 10.0. The summed E-state index contributed by atoms with van der Waals surface area (Å²) < 4.78 is 12.5. The van der Waals surface area contributed by atoms with Crippen LogP contribution in [0.5, 0.6) is 11.5 Å². The van der Waals surface area contributed by atoms with Gasteiger partial charge in [-0.3, -0.25) is 18.9 Å². The molecule has 1 fully saturated rings. The van der Waals surface area contributed by atoms with Crippen molar-refractivity contribution in [2.45, 2.75) is 19.8 Å². The van der Waals surface area contributed by atoms with Gasteiger partial charge in [0, 0.05) is 25.9 Å². The Labute approximate surface area is 224 Å². The van der Waals surface area contributed by atoms with Gasteiger partial charge in [-0.25, -0.2) is 4.98 Å².